The summed E-state index contributed by atoms with van der Waals surface area (Å²) in [6, 6.07) is 17.5. The van der Waals surface area contributed by atoms with Gasteiger partial charge < -0.3 is 10.3 Å². The lowest BCUT2D eigenvalue weighted by Gasteiger charge is -2.08. The first kappa shape index (κ1) is 20.5. The number of aromatic nitrogens is 3. The van der Waals surface area contributed by atoms with Crippen LogP contribution in [0, 0.1) is 10.9 Å². The minimum absolute atomic E-state index is 0.132. The highest BCUT2D eigenvalue weighted by Gasteiger charge is 2.15. The zero-order valence-electron chi connectivity index (χ0n) is 16.0. The van der Waals surface area contributed by atoms with E-state index in [1.54, 1.807) is 0 Å². The lowest BCUT2D eigenvalue weighted by Crippen LogP contribution is -2.24. The van der Waals surface area contributed by atoms with Crippen molar-refractivity contribution in [3.8, 4) is 5.69 Å². The van der Waals surface area contributed by atoms with Gasteiger partial charge in [-0.3, -0.25) is 14.2 Å². The number of fused-ring (bicyclic) bond motifs is 1. The molecule has 4 aromatic rings. The van der Waals surface area contributed by atoms with Crippen LogP contribution in [0.2, 0.25) is 0 Å². The minimum Gasteiger partial charge on any atom is -0.351 e. The van der Waals surface area contributed by atoms with Crippen LogP contribution in [0.15, 0.2) is 64.5 Å². The van der Waals surface area contributed by atoms with Crippen molar-refractivity contribution in [1.29, 1.82) is 0 Å². The van der Waals surface area contributed by atoms with Crippen LogP contribution in [0.3, 0.4) is 0 Å². The number of hydrogen-bond acceptors (Lipinski definition) is 6. The summed E-state index contributed by atoms with van der Waals surface area (Å²) in [7, 11) is 0. The number of carbonyl (C=O) groups is 1. The van der Waals surface area contributed by atoms with E-state index in [1.165, 1.54) is 23.1 Å². The third-order valence-electron chi connectivity index (χ3n) is 4.45. The number of nitrogens with zero attached hydrogens (tertiary/aromatic N) is 2. The lowest BCUT2D eigenvalue weighted by atomic mass is 10.2. The van der Waals surface area contributed by atoms with E-state index in [0.29, 0.717) is 26.0 Å². The molecule has 6 nitrogen and oxygen atoms in total. The Morgan fingerprint density at radius 3 is 2.70 bits per heavy atom. The Morgan fingerprint density at radius 2 is 1.93 bits per heavy atom. The Balaban J connectivity index is 1.56. The molecule has 1 amide bonds. The number of benzene rings is 2. The fraction of sp³-hybridized carbons (Fsp3) is 0.143. The Labute approximate surface area is 186 Å². The third-order valence-corrected chi connectivity index (χ3v) is 6.68. The molecule has 0 aliphatic carbocycles. The van der Waals surface area contributed by atoms with Gasteiger partial charge in [-0.1, -0.05) is 71.6 Å². The molecular formula is C21H18N4O2S3. The van der Waals surface area contributed by atoms with Crippen LogP contribution in [0.5, 0.6) is 0 Å². The van der Waals surface area contributed by atoms with Crippen molar-refractivity contribution in [1.82, 2.24) is 19.9 Å². The molecule has 0 saturated carbocycles. The number of thiazole rings is 1. The van der Waals surface area contributed by atoms with Gasteiger partial charge in [0.1, 0.15) is 4.70 Å². The van der Waals surface area contributed by atoms with Crippen LogP contribution in [0.25, 0.3) is 16.0 Å². The maximum Gasteiger partial charge on any atom is 0.271 e. The van der Waals surface area contributed by atoms with Gasteiger partial charge in [0, 0.05) is 6.54 Å². The normalized spacial score (nSPS) is 11.0. The van der Waals surface area contributed by atoms with E-state index >= 15 is 0 Å². The number of rotatable bonds is 6. The van der Waals surface area contributed by atoms with Crippen LogP contribution < -0.4 is 10.9 Å². The fourth-order valence-corrected chi connectivity index (χ4v) is 4.91. The van der Waals surface area contributed by atoms with E-state index in [1.807, 2.05) is 66.1 Å². The molecule has 152 valence electrons. The summed E-state index contributed by atoms with van der Waals surface area (Å²) in [4.78, 5) is 32.1. The summed E-state index contributed by atoms with van der Waals surface area (Å²) in [5, 5.41) is 3.26. The molecule has 0 fully saturated rings. The lowest BCUT2D eigenvalue weighted by molar-refractivity contribution is -0.118. The third kappa shape index (κ3) is 4.38. The molecule has 2 aromatic heterocycles. The van der Waals surface area contributed by atoms with Gasteiger partial charge >= 0.3 is 0 Å². The monoisotopic (exact) mass is 454 g/mol. The molecule has 2 aromatic carbocycles. The number of para-hydroxylation sites is 1. The first-order valence-electron chi connectivity index (χ1n) is 9.18. The molecule has 30 heavy (non-hydrogen) atoms. The standard InChI is InChI=1S/C21H18N4O2S3/c1-13-7-5-6-10-15(13)25-18-17(30-21(25)28)19(27)24-20(23-18)29-12-16(26)22-11-14-8-3-2-4-9-14/h2-10H,11-12H2,1H3,(H,22,26)(H,23,24,27). The highest BCUT2D eigenvalue weighted by molar-refractivity contribution is 7.99. The predicted molar refractivity (Wildman–Crippen MR) is 124 cm³/mol. The summed E-state index contributed by atoms with van der Waals surface area (Å²) < 4.78 is 2.85. The molecule has 0 bridgehead atoms. The summed E-state index contributed by atoms with van der Waals surface area (Å²) in [6.07, 6.45) is 0. The van der Waals surface area contributed by atoms with Crippen LogP contribution in [-0.4, -0.2) is 26.2 Å². The van der Waals surface area contributed by atoms with E-state index in [4.69, 9.17) is 12.2 Å². The first-order valence-corrected chi connectivity index (χ1v) is 11.4. The van der Waals surface area contributed by atoms with Crippen molar-refractivity contribution in [2.75, 3.05) is 5.75 Å². The minimum atomic E-state index is -0.254. The second-order valence-electron chi connectivity index (χ2n) is 6.56. The number of aromatic amines is 1. The molecular weight excluding hydrogens is 436 g/mol. The van der Waals surface area contributed by atoms with Crippen molar-refractivity contribution in [3.05, 3.63) is 80.0 Å². The van der Waals surface area contributed by atoms with Crippen molar-refractivity contribution in [2.45, 2.75) is 18.6 Å². The van der Waals surface area contributed by atoms with Gasteiger partial charge in [0.05, 0.1) is 11.4 Å². The average molecular weight is 455 g/mol. The molecule has 4 rings (SSSR count). The number of hydrogen-bond donors (Lipinski definition) is 2. The average Bonchev–Trinajstić information content (AvgIpc) is 3.08. The highest BCUT2D eigenvalue weighted by Crippen LogP contribution is 2.26. The van der Waals surface area contributed by atoms with Crippen LogP contribution >= 0.6 is 35.3 Å². The van der Waals surface area contributed by atoms with Crippen LogP contribution in [0.1, 0.15) is 11.1 Å². The second-order valence-corrected chi connectivity index (χ2v) is 9.17. The second kappa shape index (κ2) is 8.95. The van der Waals surface area contributed by atoms with E-state index < -0.39 is 0 Å². The van der Waals surface area contributed by atoms with Crippen molar-refractivity contribution in [3.63, 3.8) is 0 Å². The Kier molecular flexibility index (Phi) is 6.12. The Morgan fingerprint density at radius 1 is 1.20 bits per heavy atom. The van der Waals surface area contributed by atoms with Gasteiger partial charge in [-0.15, -0.1) is 0 Å². The van der Waals surface area contributed by atoms with Gasteiger partial charge in [-0.25, -0.2) is 4.98 Å². The van der Waals surface area contributed by atoms with Crippen molar-refractivity contribution in [2.24, 2.45) is 0 Å². The zero-order chi connectivity index (χ0) is 21.1. The predicted octanol–water partition coefficient (Wildman–Crippen LogP) is 4.22. The maximum atomic E-state index is 12.6. The zero-order valence-corrected chi connectivity index (χ0v) is 18.5. The molecule has 0 unspecified atom stereocenters. The van der Waals surface area contributed by atoms with Crippen molar-refractivity contribution < 1.29 is 4.79 Å². The molecule has 0 spiro atoms. The SMILES string of the molecule is Cc1ccccc1-n1c(=S)sc2c(=O)[nH]c(SCC(=O)NCc3ccccc3)nc21. The number of amides is 1. The first-order chi connectivity index (χ1) is 14.5. The van der Waals surface area contributed by atoms with Crippen LogP contribution in [0.4, 0.5) is 0 Å². The summed E-state index contributed by atoms with van der Waals surface area (Å²) in [5.41, 5.74) is 3.21. The molecule has 0 saturated heterocycles. The molecule has 9 heteroatoms. The summed E-state index contributed by atoms with van der Waals surface area (Å²) >= 11 is 7.92. The number of nitrogens with one attached hydrogen (secondary N) is 2. The topological polar surface area (TPSA) is 79.8 Å². The van der Waals surface area contributed by atoms with E-state index in [-0.39, 0.29) is 17.2 Å². The van der Waals surface area contributed by atoms with E-state index in [9.17, 15) is 9.59 Å². The van der Waals surface area contributed by atoms with Gasteiger partial charge in [-0.2, -0.15) is 0 Å². The largest absolute Gasteiger partial charge is 0.351 e. The maximum absolute atomic E-state index is 12.6. The number of carbonyl (C=O) groups excluding carboxylic acids is 1. The number of thioether (sulfide) groups is 1. The quantitative estimate of drug-likeness (QED) is 0.259. The van der Waals surface area contributed by atoms with Gasteiger partial charge in [0.15, 0.2) is 14.8 Å². The molecule has 2 heterocycles. The molecule has 0 radical (unpaired) electrons. The van der Waals surface area contributed by atoms with Gasteiger partial charge in [0.2, 0.25) is 5.91 Å². The molecule has 0 aliphatic heterocycles. The van der Waals surface area contributed by atoms with Crippen molar-refractivity contribution >= 4 is 51.6 Å². The molecule has 0 aliphatic rings. The number of H-pyrrole nitrogens is 1. The van der Waals surface area contributed by atoms with E-state index in [0.717, 1.165) is 16.8 Å². The van der Waals surface area contributed by atoms with Gasteiger partial charge in [0.25, 0.3) is 5.56 Å². The molecule has 0 atom stereocenters. The van der Waals surface area contributed by atoms with E-state index in [2.05, 4.69) is 15.3 Å². The summed E-state index contributed by atoms with van der Waals surface area (Å²) in [6.45, 7) is 2.45. The summed E-state index contributed by atoms with van der Waals surface area (Å²) in [5.74, 6) is 0.0175. The number of aryl methyl sites for hydroxylation is 1. The van der Waals surface area contributed by atoms with Crippen LogP contribution in [-0.2, 0) is 11.3 Å². The fourth-order valence-electron chi connectivity index (χ4n) is 2.97. The van der Waals surface area contributed by atoms with Gasteiger partial charge in [-0.05, 0) is 36.3 Å². The Bertz CT molecular complexity index is 1330. The smallest absolute Gasteiger partial charge is 0.271 e. The Hall–Kier alpha value is -2.75. The molecule has 2 N–H and O–H groups in total. The highest BCUT2D eigenvalue weighted by atomic mass is 32.2.